The number of hydrogen-bond donors (Lipinski definition) is 1. The van der Waals surface area contributed by atoms with Crippen LogP contribution in [0.5, 0.6) is 11.5 Å². The molecule has 32 heavy (non-hydrogen) atoms. The van der Waals surface area contributed by atoms with Crippen molar-refractivity contribution < 1.29 is 23.9 Å². The number of halogens is 1. The fraction of sp³-hybridized carbons (Fsp3) is 0.0417. The summed E-state index contributed by atoms with van der Waals surface area (Å²) in [7, 11) is 1.52. The number of methoxy groups -OCH3 is 1. The van der Waals surface area contributed by atoms with Gasteiger partial charge in [0.15, 0.2) is 0 Å². The molecule has 7 nitrogen and oxygen atoms in total. The fourth-order valence-electron chi connectivity index (χ4n) is 3.09. The van der Waals surface area contributed by atoms with Gasteiger partial charge in [-0.2, -0.15) is 0 Å². The van der Waals surface area contributed by atoms with Crippen LogP contribution in [-0.4, -0.2) is 24.9 Å². The van der Waals surface area contributed by atoms with E-state index >= 15 is 0 Å². The minimum absolute atomic E-state index is 0.0350. The van der Waals surface area contributed by atoms with Crippen LogP contribution >= 0.6 is 11.6 Å². The third kappa shape index (κ3) is 4.19. The zero-order valence-corrected chi connectivity index (χ0v) is 17.6. The number of rotatable bonds is 6. The number of ether oxygens (including phenoxy) is 2. The Kier molecular flexibility index (Phi) is 5.91. The van der Waals surface area contributed by atoms with Gasteiger partial charge in [0.2, 0.25) is 0 Å². The van der Waals surface area contributed by atoms with Crippen molar-refractivity contribution in [2.24, 2.45) is 0 Å². The predicted molar refractivity (Wildman–Crippen MR) is 120 cm³/mol. The van der Waals surface area contributed by atoms with Gasteiger partial charge >= 0.3 is 5.97 Å². The van der Waals surface area contributed by atoms with E-state index in [1.165, 1.54) is 19.2 Å². The molecule has 1 aliphatic heterocycles. The average Bonchev–Trinajstić information content (AvgIpc) is 3.03. The van der Waals surface area contributed by atoms with E-state index in [0.717, 1.165) is 4.90 Å². The van der Waals surface area contributed by atoms with Gasteiger partial charge in [-0.05, 0) is 48.5 Å². The highest BCUT2D eigenvalue weighted by molar-refractivity contribution is 6.53. The molecule has 4 rings (SSSR count). The number of para-hydroxylation sites is 1. The molecule has 0 atom stereocenters. The van der Waals surface area contributed by atoms with E-state index in [0.29, 0.717) is 28.4 Å². The summed E-state index contributed by atoms with van der Waals surface area (Å²) in [6.45, 7) is 0. The molecule has 0 fully saturated rings. The summed E-state index contributed by atoms with van der Waals surface area (Å²) in [5.74, 6) is -0.800. The molecule has 1 N–H and O–H groups in total. The third-order valence-corrected chi connectivity index (χ3v) is 5.03. The number of anilines is 2. The van der Waals surface area contributed by atoms with Crippen LogP contribution in [0.1, 0.15) is 10.4 Å². The first-order valence-electron chi connectivity index (χ1n) is 9.55. The van der Waals surface area contributed by atoms with E-state index in [-0.39, 0.29) is 10.7 Å². The van der Waals surface area contributed by atoms with Gasteiger partial charge in [-0.1, -0.05) is 35.9 Å². The minimum atomic E-state index is -0.608. The SMILES string of the molecule is COc1cccc(OC(=O)c2ccc(NC3=C(Cl)C(=O)N(c4ccccc4)C3=O)cc2)c1. The Morgan fingerprint density at radius 1 is 0.875 bits per heavy atom. The maximum absolute atomic E-state index is 12.8. The standard InChI is InChI=1S/C24H17ClN2O5/c1-31-18-8-5-9-19(14-18)32-24(30)15-10-12-16(13-11-15)26-21-20(25)22(28)27(23(21)29)17-6-3-2-4-7-17/h2-14,26H,1H3. The molecule has 8 heteroatoms. The molecule has 3 aromatic rings. The molecule has 0 aromatic heterocycles. The highest BCUT2D eigenvalue weighted by Crippen LogP contribution is 2.30. The van der Waals surface area contributed by atoms with Crippen LogP contribution in [0.2, 0.25) is 0 Å². The molecular formula is C24H17ClN2O5. The van der Waals surface area contributed by atoms with E-state index < -0.39 is 17.8 Å². The number of carbonyl (C=O) groups excluding carboxylic acids is 3. The second-order valence-electron chi connectivity index (χ2n) is 6.74. The number of hydrogen-bond acceptors (Lipinski definition) is 6. The Morgan fingerprint density at radius 3 is 2.25 bits per heavy atom. The molecule has 2 amide bonds. The minimum Gasteiger partial charge on any atom is -0.497 e. The highest BCUT2D eigenvalue weighted by Gasteiger charge is 2.38. The van der Waals surface area contributed by atoms with Gasteiger partial charge < -0.3 is 14.8 Å². The van der Waals surface area contributed by atoms with E-state index in [4.69, 9.17) is 21.1 Å². The van der Waals surface area contributed by atoms with Gasteiger partial charge in [-0.3, -0.25) is 9.59 Å². The maximum atomic E-state index is 12.8. The third-order valence-electron chi connectivity index (χ3n) is 4.68. The van der Waals surface area contributed by atoms with Crippen LogP contribution in [-0.2, 0) is 9.59 Å². The Hall–Kier alpha value is -4.10. The molecule has 0 radical (unpaired) electrons. The van der Waals surface area contributed by atoms with Gasteiger partial charge in [0.05, 0.1) is 18.4 Å². The molecular weight excluding hydrogens is 432 g/mol. The van der Waals surface area contributed by atoms with E-state index in [1.54, 1.807) is 66.7 Å². The van der Waals surface area contributed by atoms with Gasteiger partial charge in [-0.15, -0.1) is 0 Å². The zero-order chi connectivity index (χ0) is 22.7. The van der Waals surface area contributed by atoms with Crippen LogP contribution in [0.25, 0.3) is 0 Å². The van der Waals surface area contributed by atoms with Crippen molar-refractivity contribution in [3.8, 4) is 11.5 Å². The number of carbonyl (C=O) groups is 3. The van der Waals surface area contributed by atoms with Crippen molar-refractivity contribution in [2.45, 2.75) is 0 Å². The zero-order valence-electron chi connectivity index (χ0n) is 16.9. The van der Waals surface area contributed by atoms with E-state index in [2.05, 4.69) is 5.32 Å². The molecule has 0 aliphatic carbocycles. The quantitative estimate of drug-likeness (QED) is 0.343. The highest BCUT2D eigenvalue weighted by atomic mass is 35.5. The monoisotopic (exact) mass is 448 g/mol. The normalized spacial score (nSPS) is 13.4. The topological polar surface area (TPSA) is 84.9 Å². The van der Waals surface area contributed by atoms with Crippen molar-refractivity contribution in [1.29, 1.82) is 0 Å². The summed E-state index contributed by atoms with van der Waals surface area (Å²) in [6, 6.07) is 21.5. The van der Waals surface area contributed by atoms with Crippen molar-refractivity contribution in [2.75, 3.05) is 17.3 Å². The van der Waals surface area contributed by atoms with Gasteiger partial charge in [0, 0.05) is 11.8 Å². The maximum Gasteiger partial charge on any atom is 0.343 e. The summed E-state index contributed by atoms with van der Waals surface area (Å²) >= 11 is 6.14. The van der Waals surface area contributed by atoms with Gasteiger partial charge in [0.25, 0.3) is 11.8 Å². The Bertz CT molecular complexity index is 1220. The van der Waals surface area contributed by atoms with Crippen molar-refractivity contribution in [3.05, 3.63) is 95.2 Å². The smallest absolute Gasteiger partial charge is 0.343 e. The lowest BCUT2D eigenvalue weighted by Gasteiger charge is -2.14. The fourth-order valence-corrected chi connectivity index (χ4v) is 3.30. The van der Waals surface area contributed by atoms with Crippen molar-refractivity contribution in [3.63, 3.8) is 0 Å². The molecule has 160 valence electrons. The summed E-state index contributed by atoms with van der Waals surface area (Å²) in [5, 5.41) is 2.66. The second-order valence-corrected chi connectivity index (χ2v) is 7.12. The van der Waals surface area contributed by atoms with E-state index in [1.807, 2.05) is 0 Å². The number of imide groups is 1. The van der Waals surface area contributed by atoms with Crippen LogP contribution in [0.3, 0.4) is 0 Å². The first-order chi connectivity index (χ1) is 15.5. The molecule has 3 aromatic carbocycles. The van der Waals surface area contributed by atoms with Crippen molar-refractivity contribution in [1.82, 2.24) is 0 Å². The molecule has 0 spiro atoms. The Labute approximate surface area is 188 Å². The summed E-state index contributed by atoms with van der Waals surface area (Å²) in [6.07, 6.45) is 0. The summed E-state index contributed by atoms with van der Waals surface area (Å²) in [5.41, 5.74) is 1.17. The van der Waals surface area contributed by atoms with Gasteiger partial charge in [-0.25, -0.2) is 9.69 Å². The molecule has 0 saturated carbocycles. The number of amides is 2. The average molecular weight is 449 g/mol. The molecule has 1 aliphatic rings. The lowest BCUT2D eigenvalue weighted by atomic mass is 10.2. The first-order valence-corrected chi connectivity index (χ1v) is 9.92. The lowest BCUT2D eigenvalue weighted by molar-refractivity contribution is -0.120. The molecule has 0 bridgehead atoms. The van der Waals surface area contributed by atoms with Gasteiger partial charge in [0.1, 0.15) is 22.2 Å². The number of nitrogens with one attached hydrogen (secondary N) is 1. The molecule has 1 heterocycles. The van der Waals surface area contributed by atoms with Crippen LogP contribution in [0.4, 0.5) is 11.4 Å². The predicted octanol–water partition coefficient (Wildman–Crippen LogP) is 4.35. The largest absolute Gasteiger partial charge is 0.497 e. The number of esters is 1. The van der Waals surface area contributed by atoms with Crippen LogP contribution in [0.15, 0.2) is 89.6 Å². The first kappa shape index (κ1) is 21.1. The van der Waals surface area contributed by atoms with Crippen LogP contribution in [0, 0.1) is 0 Å². The number of benzene rings is 3. The molecule has 0 unspecified atom stereocenters. The van der Waals surface area contributed by atoms with E-state index in [9.17, 15) is 14.4 Å². The Morgan fingerprint density at radius 2 is 1.56 bits per heavy atom. The second kappa shape index (κ2) is 8.95. The number of nitrogens with zero attached hydrogens (tertiary/aromatic N) is 1. The van der Waals surface area contributed by atoms with Crippen molar-refractivity contribution >= 4 is 40.8 Å². The lowest BCUT2D eigenvalue weighted by Crippen LogP contribution is -2.32. The Balaban J connectivity index is 1.47. The van der Waals surface area contributed by atoms with Crippen LogP contribution < -0.4 is 19.7 Å². The molecule has 0 saturated heterocycles. The summed E-state index contributed by atoms with van der Waals surface area (Å²) in [4.78, 5) is 38.7. The summed E-state index contributed by atoms with van der Waals surface area (Å²) < 4.78 is 10.5.